The maximum absolute atomic E-state index is 15.8. The van der Waals surface area contributed by atoms with Crippen molar-refractivity contribution in [3.05, 3.63) is 342 Å². The normalized spacial score (nSPS) is 11.9. The van der Waals surface area contributed by atoms with Crippen molar-refractivity contribution in [2.45, 2.75) is 38.5 Å². The van der Waals surface area contributed by atoms with Gasteiger partial charge in [0, 0.05) is 55.1 Å². The molecule has 0 fully saturated rings. The van der Waals surface area contributed by atoms with Gasteiger partial charge in [-0.05, 0) is 131 Å². The highest BCUT2D eigenvalue weighted by Gasteiger charge is 2.30. The molecule has 0 bridgehead atoms. The Labute approximate surface area is 529 Å². The summed E-state index contributed by atoms with van der Waals surface area (Å²) in [5.74, 6) is 2.53. The molecule has 10 heteroatoms. The largest absolute Gasteiger partial charge is 0.457 e. The van der Waals surface area contributed by atoms with Crippen LogP contribution in [-0.2, 0) is 10.8 Å². The number of H-pyrrole nitrogens is 2. The molecule has 1 heterocycles. The lowest BCUT2D eigenvalue weighted by Crippen LogP contribution is -2.21. The number of aromatic amines is 2. The molecule has 444 valence electrons. The molecule has 15 rings (SSSR count). The van der Waals surface area contributed by atoms with E-state index in [9.17, 15) is 0 Å². The first-order valence-electron chi connectivity index (χ1n) is 30.7. The lowest BCUT2D eigenvalue weighted by Gasteiger charge is -2.30. The van der Waals surface area contributed by atoms with Crippen molar-refractivity contribution in [1.82, 2.24) is 9.97 Å². The monoisotopic (exact) mass is 1200 g/mol. The third-order valence-electron chi connectivity index (χ3n) is 18.2. The third-order valence-corrected chi connectivity index (χ3v) is 18.2. The highest BCUT2D eigenvalue weighted by atomic mass is 16.5. The predicted octanol–water partition coefficient (Wildman–Crippen LogP) is 19.3. The molecule has 2 N–H and O–H groups in total. The number of rotatable bonds is 14. The number of para-hydroxylation sites is 2. The van der Waals surface area contributed by atoms with Crippen LogP contribution in [0.4, 0.5) is 34.1 Å². The smallest absolute Gasteiger partial charge is 0.196 e. The van der Waals surface area contributed by atoms with Gasteiger partial charge in [0.25, 0.3) is 0 Å². The second kappa shape index (κ2) is 22.6. The summed E-state index contributed by atoms with van der Waals surface area (Å²) < 4.78 is 12.6. The minimum atomic E-state index is -0.372. The predicted molar refractivity (Wildman–Crippen MR) is 376 cm³/mol. The second-order valence-electron chi connectivity index (χ2n) is 24.4. The Morgan fingerprint density at radius 3 is 0.848 bits per heavy atom. The van der Waals surface area contributed by atoms with Crippen LogP contribution in [0.25, 0.3) is 65.2 Å². The molecule has 0 saturated carbocycles. The van der Waals surface area contributed by atoms with Crippen LogP contribution in [0.2, 0.25) is 0 Å². The van der Waals surface area contributed by atoms with Crippen molar-refractivity contribution in [1.29, 1.82) is 0 Å². The minimum Gasteiger partial charge on any atom is -0.457 e. The molecule has 0 unspecified atom stereocenters. The Balaban J connectivity index is 1.00. The molecule has 0 atom stereocenters. The summed E-state index contributed by atoms with van der Waals surface area (Å²) >= 11 is 0. The Bertz CT molecular complexity index is 5220. The molecule has 0 amide bonds. The zero-order valence-corrected chi connectivity index (χ0v) is 50.9. The number of nitrogens with zero attached hydrogens (tertiary/aromatic N) is 2. The van der Waals surface area contributed by atoms with Crippen molar-refractivity contribution in [3.63, 3.8) is 0 Å². The van der Waals surface area contributed by atoms with Gasteiger partial charge in [0.2, 0.25) is 0 Å². The lowest BCUT2D eigenvalue weighted by atomic mass is 9.78. The maximum atomic E-state index is 15.8. The van der Waals surface area contributed by atoms with Crippen molar-refractivity contribution in [3.8, 4) is 23.0 Å². The van der Waals surface area contributed by atoms with Gasteiger partial charge in [0.15, 0.2) is 21.7 Å². The van der Waals surface area contributed by atoms with Crippen molar-refractivity contribution in [2.24, 2.45) is 0 Å². The quantitative estimate of drug-likeness (QED) is 0.0815. The van der Waals surface area contributed by atoms with E-state index in [-0.39, 0.29) is 75.6 Å². The van der Waals surface area contributed by atoms with E-state index in [0.29, 0.717) is 79.2 Å². The van der Waals surface area contributed by atoms with Gasteiger partial charge in [0.1, 0.15) is 23.0 Å². The first-order chi connectivity index (χ1) is 44.8. The summed E-state index contributed by atoms with van der Waals surface area (Å²) in [7, 11) is 0. The summed E-state index contributed by atoms with van der Waals surface area (Å²) in [6.45, 7) is 8.78. The summed E-state index contributed by atoms with van der Waals surface area (Å²) in [6.07, 6.45) is 0. The molecule has 92 heavy (non-hydrogen) atoms. The van der Waals surface area contributed by atoms with Crippen LogP contribution in [0.3, 0.4) is 0 Å². The van der Waals surface area contributed by atoms with Crippen molar-refractivity contribution >= 4 is 99.3 Å². The Morgan fingerprint density at radius 2 is 0.533 bits per heavy atom. The van der Waals surface area contributed by atoms with Crippen LogP contribution in [0, 0.1) is 0 Å². The topological polar surface area (TPSA) is 125 Å². The van der Waals surface area contributed by atoms with Gasteiger partial charge >= 0.3 is 0 Å². The van der Waals surface area contributed by atoms with Crippen LogP contribution < -0.4 is 41.0 Å². The fraction of sp³-hybridized carbons (Fsp3) is 0.0732. The summed E-state index contributed by atoms with van der Waals surface area (Å²) in [4.78, 5) is 74.4. The highest BCUT2D eigenvalue weighted by molar-refractivity contribution is 6.21. The summed E-state index contributed by atoms with van der Waals surface area (Å²) in [5.41, 5.74) is 7.28. The van der Waals surface area contributed by atoms with E-state index in [0.717, 1.165) is 22.3 Å². The maximum Gasteiger partial charge on any atom is 0.196 e. The molecular weight excluding hydrogens is 1140 g/mol. The number of fused-ring (bicyclic) bond motifs is 8. The molecule has 14 aromatic carbocycles. The molecule has 0 aliphatic heterocycles. The van der Waals surface area contributed by atoms with Gasteiger partial charge in [-0.1, -0.05) is 198 Å². The van der Waals surface area contributed by atoms with Crippen LogP contribution in [0.1, 0.15) is 49.9 Å². The van der Waals surface area contributed by atoms with Gasteiger partial charge in [-0.3, -0.25) is 19.2 Å². The Morgan fingerprint density at radius 1 is 0.283 bits per heavy atom. The van der Waals surface area contributed by atoms with E-state index in [4.69, 9.17) is 9.47 Å². The van der Waals surface area contributed by atoms with Crippen LogP contribution in [-0.4, -0.2) is 9.97 Å². The van der Waals surface area contributed by atoms with Gasteiger partial charge < -0.3 is 29.2 Å². The number of hydrogen-bond acceptors (Lipinski definition) is 8. The number of nitrogens with one attached hydrogen (secondary N) is 2. The molecular formula is C82H60N4O6. The Kier molecular flexibility index (Phi) is 13.9. The van der Waals surface area contributed by atoms with Gasteiger partial charge in [-0.2, -0.15) is 0 Å². The fourth-order valence-corrected chi connectivity index (χ4v) is 13.2. The van der Waals surface area contributed by atoms with Crippen LogP contribution >= 0.6 is 0 Å². The number of benzene rings is 14. The van der Waals surface area contributed by atoms with E-state index >= 15 is 19.2 Å². The van der Waals surface area contributed by atoms with Crippen molar-refractivity contribution in [2.75, 3.05) is 9.80 Å². The SMILES string of the molecule is CC(C)(c1ccccc1)c1ccc(N(c2ccc(Oc3ccccc3)cc2)c2cc3[nH]c4c(cc(N(c5ccc(Oc6ccccc6)cc5)c5ccc(C(C)(C)c6ccccc6)cc5)c5c(=O)c6ccccc6c(=O)c54)[nH]c3c3c(=O)c4ccccc4c(=O)c23)cc1. The third kappa shape index (κ3) is 9.77. The molecule has 0 spiro atoms. The fourth-order valence-electron chi connectivity index (χ4n) is 13.2. The molecule has 0 aliphatic carbocycles. The zero-order valence-electron chi connectivity index (χ0n) is 50.9. The molecule has 1 aromatic heterocycles. The minimum absolute atomic E-state index is 0.143. The molecule has 0 aliphatic rings. The second-order valence-corrected chi connectivity index (χ2v) is 24.4. The summed E-state index contributed by atoms with van der Waals surface area (Å²) in [6, 6.07) is 89.2. The number of aromatic nitrogens is 2. The first-order valence-corrected chi connectivity index (χ1v) is 30.7. The highest BCUT2D eigenvalue weighted by Crippen LogP contribution is 2.46. The van der Waals surface area contributed by atoms with Gasteiger partial charge in [-0.15, -0.1) is 0 Å². The van der Waals surface area contributed by atoms with E-state index in [1.165, 1.54) is 0 Å². The molecule has 0 radical (unpaired) electrons. The van der Waals surface area contributed by atoms with E-state index in [1.807, 2.05) is 192 Å². The van der Waals surface area contributed by atoms with E-state index in [2.05, 4.69) is 86.2 Å². The number of hydrogen-bond donors (Lipinski definition) is 2. The molecule has 15 aromatic rings. The standard InChI is InChI=1S/C82H60N4O6/c1-81(2,51-21-9-5-10-22-51)53-33-37-55(38-34-53)85(57-41-45-61(46-42-57)91-59-25-13-7-14-26-59)69-49-67-75(73-71(69)77(87)63-29-17-19-31-65(63)79(73)89)84-68-50-70(72-74(76(68)83-67)80(90)66-32-20-18-30-64(66)78(72)88)86(58-43-47-62(48-44-58)92-60-27-15-8-16-28-60)56-39-35-54(36-40-56)82(3,4)52-23-11-6-12-24-52/h5-50,83-84H,1-4H3. The first kappa shape index (κ1) is 56.6. The van der Waals surface area contributed by atoms with Gasteiger partial charge in [-0.25, -0.2) is 0 Å². The Hall–Kier alpha value is -11.9. The molecule has 0 saturated heterocycles. The number of ether oxygens (including phenoxy) is 2. The van der Waals surface area contributed by atoms with E-state index < -0.39 is 0 Å². The molecule has 10 nitrogen and oxygen atoms in total. The van der Waals surface area contributed by atoms with Crippen LogP contribution in [0.5, 0.6) is 23.0 Å². The van der Waals surface area contributed by atoms with Gasteiger partial charge in [0.05, 0.1) is 55.0 Å². The van der Waals surface area contributed by atoms with Crippen LogP contribution in [0.15, 0.2) is 298 Å². The average molecular weight is 1200 g/mol. The number of anilines is 6. The average Bonchev–Trinajstić information content (AvgIpc) is 0.719. The zero-order chi connectivity index (χ0) is 62.8. The van der Waals surface area contributed by atoms with E-state index in [1.54, 1.807) is 48.5 Å². The lowest BCUT2D eigenvalue weighted by molar-refractivity contribution is 0.482. The summed E-state index contributed by atoms with van der Waals surface area (Å²) in [5, 5.41) is 1.71. The van der Waals surface area contributed by atoms with Crippen molar-refractivity contribution < 1.29 is 9.47 Å².